The molecule has 4 rings (SSSR count). The highest BCUT2D eigenvalue weighted by Crippen LogP contribution is 2.27. The summed E-state index contributed by atoms with van der Waals surface area (Å²) in [7, 11) is 1.99. The van der Waals surface area contributed by atoms with Crippen molar-refractivity contribution in [3.05, 3.63) is 54.7 Å². The predicted molar refractivity (Wildman–Crippen MR) is 100 cm³/mol. The van der Waals surface area contributed by atoms with Gasteiger partial charge in [-0.05, 0) is 56.8 Å². The summed E-state index contributed by atoms with van der Waals surface area (Å²) in [6.45, 7) is 0.969. The molecule has 0 aliphatic carbocycles. The fraction of sp³-hybridized carbons (Fsp3) is 0.250. The number of ether oxygens (including phenoxy) is 1. The minimum atomic E-state index is -0.0446. The number of aromatic nitrogens is 2. The molecule has 1 fully saturated rings. The van der Waals surface area contributed by atoms with E-state index in [9.17, 15) is 4.79 Å². The molecule has 6 nitrogen and oxygen atoms in total. The summed E-state index contributed by atoms with van der Waals surface area (Å²) >= 11 is 0. The van der Waals surface area contributed by atoms with E-state index in [1.807, 2.05) is 55.6 Å². The van der Waals surface area contributed by atoms with E-state index in [4.69, 9.17) is 4.74 Å². The van der Waals surface area contributed by atoms with Crippen molar-refractivity contribution in [3.63, 3.8) is 0 Å². The SMILES string of the molecule is CN1CCC[C@H]1C(=O)Nc1ccc(Oc2nncc3ccccc23)cc1. The van der Waals surface area contributed by atoms with Crippen molar-refractivity contribution < 1.29 is 9.53 Å². The first-order valence-electron chi connectivity index (χ1n) is 8.70. The largest absolute Gasteiger partial charge is 0.437 e. The first-order valence-corrected chi connectivity index (χ1v) is 8.70. The summed E-state index contributed by atoms with van der Waals surface area (Å²) in [4.78, 5) is 14.4. The normalized spacial score (nSPS) is 17.3. The zero-order valence-corrected chi connectivity index (χ0v) is 14.6. The van der Waals surface area contributed by atoms with Gasteiger partial charge in [-0.25, -0.2) is 0 Å². The summed E-state index contributed by atoms with van der Waals surface area (Å²) in [5.41, 5.74) is 0.756. The Labute approximate surface area is 151 Å². The van der Waals surface area contributed by atoms with E-state index in [2.05, 4.69) is 20.4 Å². The highest BCUT2D eigenvalue weighted by molar-refractivity contribution is 5.95. The molecule has 0 unspecified atom stereocenters. The molecular weight excluding hydrogens is 328 g/mol. The number of likely N-dealkylation sites (N-methyl/N-ethyl adjacent to an activating group) is 1. The van der Waals surface area contributed by atoms with E-state index in [0.717, 1.165) is 35.8 Å². The van der Waals surface area contributed by atoms with Crippen LogP contribution in [0.3, 0.4) is 0 Å². The van der Waals surface area contributed by atoms with E-state index in [0.29, 0.717) is 11.6 Å². The number of carbonyl (C=O) groups is 1. The maximum atomic E-state index is 12.3. The second-order valence-corrected chi connectivity index (χ2v) is 6.49. The van der Waals surface area contributed by atoms with Gasteiger partial charge < -0.3 is 10.1 Å². The third-order valence-corrected chi connectivity index (χ3v) is 4.70. The van der Waals surface area contributed by atoms with Crippen molar-refractivity contribution in [2.75, 3.05) is 18.9 Å². The van der Waals surface area contributed by atoms with Crippen molar-refractivity contribution in [2.24, 2.45) is 0 Å². The average Bonchev–Trinajstić information content (AvgIpc) is 3.10. The molecule has 0 bridgehead atoms. The molecule has 0 spiro atoms. The van der Waals surface area contributed by atoms with Gasteiger partial charge >= 0.3 is 0 Å². The van der Waals surface area contributed by atoms with Gasteiger partial charge in [0, 0.05) is 16.5 Å². The second-order valence-electron chi connectivity index (χ2n) is 6.49. The molecule has 1 atom stereocenters. The van der Waals surface area contributed by atoms with Gasteiger partial charge in [0.05, 0.1) is 12.2 Å². The van der Waals surface area contributed by atoms with Crippen molar-refractivity contribution in [1.29, 1.82) is 0 Å². The highest BCUT2D eigenvalue weighted by Gasteiger charge is 2.27. The molecule has 1 saturated heterocycles. The number of nitrogens with one attached hydrogen (secondary N) is 1. The second kappa shape index (κ2) is 7.09. The van der Waals surface area contributed by atoms with Crippen LogP contribution in [-0.4, -0.2) is 40.6 Å². The van der Waals surface area contributed by atoms with Gasteiger partial charge in [0.2, 0.25) is 11.8 Å². The number of carbonyl (C=O) groups excluding carboxylic acids is 1. The first-order chi connectivity index (χ1) is 12.7. The Bertz CT molecular complexity index is 921. The van der Waals surface area contributed by atoms with Gasteiger partial charge in [0.15, 0.2) is 0 Å². The molecule has 1 aromatic heterocycles. The van der Waals surface area contributed by atoms with E-state index in [-0.39, 0.29) is 11.9 Å². The van der Waals surface area contributed by atoms with Crippen molar-refractivity contribution in [3.8, 4) is 11.6 Å². The van der Waals surface area contributed by atoms with Crippen LogP contribution < -0.4 is 10.1 Å². The lowest BCUT2D eigenvalue weighted by atomic mass is 10.2. The summed E-state index contributed by atoms with van der Waals surface area (Å²) in [6, 6.07) is 15.1. The zero-order chi connectivity index (χ0) is 17.9. The van der Waals surface area contributed by atoms with E-state index < -0.39 is 0 Å². The molecule has 2 aromatic carbocycles. The lowest BCUT2D eigenvalue weighted by Crippen LogP contribution is -2.37. The van der Waals surface area contributed by atoms with Crippen LogP contribution in [0.15, 0.2) is 54.7 Å². The Balaban J connectivity index is 1.47. The molecule has 132 valence electrons. The number of anilines is 1. The molecular formula is C20H20N4O2. The van der Waals surface area contributed by atoms with Crippen molar-refractivity contribution >= 4 is 22.4 Å². The standard InChI is InChI=1S/C20H20N4O2/c1-24-12-4-7-18(24)19(25)22-15-8-10-16(11-9-15)26-20-17-6-3-2-5-14(17)13-21-23-20/h2-3,5-6,8-11,13,18H,4,7,12H2,1H3,(H,22,25)/t18-/m0/s1. The molecule has 0 saturated carbocycles. The summed E-state index contributed by atoms with van der Waals surface area (Å²) in [6.07, 6.45) is 3.68. The molecule has 1 amide bonds. The van der Waals surface area contributed by atoms with Crippen LogP contribution in [0, 0.1) is 0 Å². The maximum Gasteiger partial charge on any atom is 0.246 e. The fourth-order valence-electron chi connectivity index (χ4n) is 3.26. The molecule has 0 radical (unpaired) electrons. The Hall–Kier alpha value is -2.99. The van der Waals surface area contributed by atoms with Crippen LogP contribution in [0.25, 0.3) is 10.8 Å². The quantitative estimate of drug-likeness (QED) is 0.782. The molecule has 1 aliphatic rings. The fourth-order valence-corrected chi connectivity index (χ4v) is 3.26. The van der Waals surface area contributed by atoms with Crippen LogP contribution in [0.1, 0.15) is 12.8 Å². The number of benzene rings is 2. The molecule has 6 heteroatoms. The summed E-state index contributed by atoms with van der Waals surface area (Å²) in [5, 5.41) is 12.9. The van der Waals surface area contributed by atoms with E-state index in [1.165, 1.54) is 0 Å². The molecule has 1 N–H and O–H groups in total. The Morgan fingerprint density at radius 2 is 2.00 bits per heavy atom. The van der Waals surface area contributed by atoms with E-state index in [1.54, 1.807) is 6.20 Å². The number of amides is 1. The average molecular weight is 348 g/mol. The number of hydrogen-bond donors (Lipinski definition) is 1. The Morgan fingerprint density at radius 1 is 1.19 bits per heavy atom. The van der Waals surface area contributed by atoms with Crippen molar-refractivity contribution in [1.82, 2.24) is 15.1 Å². The zero-order valence-electron chi connectivity index (χ0n) is 14.6. The van der Waals surface area contributed by atoms with Gasteiger partial charge in [-0.1, -0.05) is 18.2 Å². The maximum absolute atomic E-state index is 12.3. The number of hydrogen-bond acceptors (Lipinski definition) is 5. The van der Waals surface area contributed by atoms with Gasteiger partial charge in [-0.2, -0.15) is 5.10 Å². The van der Waals surface area contributed by atoms with Gasteiger partial charge in [-0.3, -0.25) is 9.69 Å². The van der Waals surface area contributed by atoms with Crippen molar-refractivity contribution in [2.45, 2.75) is 18.9 Å². The lowest BCUT2D eigenvalue weighted by Gasteiger charge is -2.18. The van der Waals surface area contributed by atoms with Gasteiger partial charge in [0.25, 0.3) is 0 Å². The van der Waals surface area contributed by atoms with Gasteiger partial charge in [0.1, 0.15) is 5.75 Å². The summed E-state index contributed by atoms with van der Waals surface area (Å²) in [5.74, 6) is 1.15. The van der Waals surface area contributed by atoms with Crippen LogP contribution in [0.4, 0.5) is 5.69 Å². The summed E-state index contributed by atoms with van der Waals surface area (Å²) < 4.78 is 5.87. The predicted octanol–water partition coefficient (Wildman–Crippen LogP) is 3.45. The lowest BCUT2D eigenvalue weighted by molar-refractivity contribution is -0.119. The van der Waals surface area contributed by atoms with Crippen LogP contribution in [-0.2, 0) is 4.79 Å². The number of likely N-dealkylation sites (tertiary alicyclic amines) is 1. The number of rotatable bonds is 4. The number of nitrogens with zero attached hydrogens (tertiary/aromatic N) is 3. The molecule has 1 aliphatic heterocycles. The third kappa shape index (κ3) is 3.36. The minimum absolute atomic E-state index is 0.0404. The smallest absolute Gasteiger partial charge is 0.246 e. The van der Waals surface area contributed by atoms with Crippen LogP contribution in [0.2, 0.25) is 0 Å². The molecule has 26 heavy (non-hydrogen) atoms. The minimum Gasteiger partial charge on any atom is -0.437 e. The van der Waals surface area contributed by atoms with Gasteiger partial charge in [-0.15, -0.1) is 5.10 Å². The third-order valence-electron chi connectivity index (χ3n) is 4.70. The van der Waals surface area contributed by atoms with Crippen LogP contribution >= 0.6 is 0 Å². The van der Waals surface area contributed by atoms with Crippen LogP contribution in [0.5, 0.6) is 11.6 Å². The molecule has 2 heterocycles. The first kappa shape index (κ1) is 16.5. The highest BCUT2D eigenvalue weighted by atomic mass is 16.5. The molecule has 3 aromatic rings. The Kier molecular flexibility index (Phi) is 4.50. The van der Waals surface area contributed by atoms with E-state index >= 15 is 0 Å². The number of fused-ring (bicyclic) bond motifs is 1. The topological polar surface area (TPSA) is 67.4 Å². The Morgan fingerprint density at radius 3 is 2.77 bits per heavy atom. The monoisotopic (exact) mass is 348 g/mol.